The third-order valence-electron chi connectivity index (χ3n) is 0. The number of hydrogen-bond acceptors (Lipinski definition) is 0. The molecule has 0 aromatic rings. The molecule has 0 saturated heterocycles. The molecule has 0 rings (SSSR count). The van der Waals surface area contributed by atoms with Gasteiger partial charge in [0.25, 0.3) is 0 Å². The molecule has 32 valence electrons. The van der Waals surface area contributed by atoms with Gasteiger partial charge in [-0.25, -0.2) is 0 Å². The van der Waals surface area contributed by atoms with E-state index in [1.807, 2.05) is 0 Å². The second kappa shape index (κ2) is 9.14. The molecule has 0 amide bonds. The zero-order valence-electron chi connectivity index (χ0n) is 4.22. The number of halogens is 4. The fraction of sp³-hybridized carbons (Fsp3) is 0. The molecule has 0 aromatic carbocycles. The maximum Gasteiger partial charge on any atom is 1.00 e. The van der Waals surface area contributed by atoms with Crippen LogP contribution in [0.5, 0.6) is 0 Å². The fourth-order valence-corrected chi connectivity index (χ4v) is 0. The van der Waals surface area contributed by atoms with Crippen LogP contribution >= 0.6 is 70.7 Å². The van der Waals surface area contributed by atoms with E-state index in [0.717, 1.165) is 0 Å². The van der Waals surface area contributed by atoms with Gasteiger partial charge >= 0.3 is 113 Å². The van der Waals surface area contributed by atoms with Crippen molar-refractivity contribution in [3.63, 3.8) is 0 Å². The van der Waals surface area contributed by atoms with Gasteiger partial charge in [0.1, 0.15) is 0 Å². The summed E-state index contributed by atoms with van der Waals surface area (Å²) in [7, 11) is 0. The number of rotatable bonds is 0. The summed E-state index contributed by atoms with van der Waals surface area (Å²) in [6.07, 6.45) is 0. The van der Waals surface area contributed by atoms with Crippen LogP contribution in [0.3, 0.4) is 0 Å². The van der Waals surface area contributed by atoms with Crippen molar-refractivity contribution in [2.75, 3.05) is 0 Å². The van der Waals surface area contributed by atoms with Crippen LogP contribution in [0.2, 0.25) is 0 Å². The molecule has 0 radical (unpaired) electrons. The summed E-state index contributed by atoms with van der Waals surface area (Å²) in [5.74, 6) is 0. The third kappa shape index (κ3) is 35.5. The normalized spacial score (nSPS) is 8.57. The monoisotopic (exact) mass is 724 g/mol. The Hall–Kier alpha value is 5.05. The third-order valence-corrected chi connectivity index (χ3v) is 0. The van der Waals surface area contributed by atoms with E-state index in [0.29, 0.717) is 0 Å². The Morgan fingerprint density at radius 3 is 0.714 bits per heavy atom. The summed E-state index contributed by atoms with van der Waals surface area (Å²) in [4.78, 5) is 0. The van der Waals surface area contributed by atoms with Gasteiger partial charge in [-0.3, -0.25) is 0 Å². The van der Waals surface area contributed by atoms with Gasteiger partial charge in [-0.15, -0.1) is 0 Å². The quantitative estimate of drug-likeness (QED) is 0.193. The summed E-state index contributed by atoms with van der Waals surface area (Å²) < 4.78 is -1.51. The Kier molecular flexibility index (Phi) is 23.5. The maximum absolute atomic E-state index is 2.57. The van der Waals surface area contributed by atoms with E-state index in [1.165, 1.54) is 0 Å². The molecule has 0 heterocycles. The zero-order valence-corrected chi connectivity index (χ0v) is 18.3. The van der Waals surface area contributed by atoms with Crippen LogP contribution in [-0.2, 0) is 4.17 Å². The summed E-state index contributed by atoms with van der Waals surface area (Å²) in [5.41, 5.74) is 0. The van der Waals surface area contributed by atoms with E-state index in [2.05, 4.69) is 70.7 Å². The Morgan fingerprint density at radius 2 is 0.714 bits per heavy atom. The van der Waals surface area contributed by atoms with Crippen molar-refractivity contribution in [2.45, 2.75) is 0 Å². The molecule has 0 saturated carbocycles. The first-order valence-electron chi connectivity index (χ1n) is 1.07. The fourth-order valence-electron chi connectivity index (χ4n) is 0. The van der Waals surface area contributed by atoms with Crippen LogP contribution < -0.4 is 37.7 Å². The SMILES string of the molecule is [I][Hg-2]([I])([I])[I].[Li+].[Li+]. The topological polar surface area (TPSA) is 0 Å². The molecule has 0 aliphatic rings. The van der Waals surface area contributed by atoms with E-state index in [1.54, 1.807) is 0 Å². The van der Waals surface area contributed by atoms with Gasteiger partial charge in [0.2, 0.25) is 0 Å². The maximum atomic E-state index is 2.57. The Labute approximate surface area is 108 Å². The largest absolute Gasteiger partial charge is 1.00 e. The van der Waals surface area contributed by atoms with E-state index in [4.69, 9.17) is 0 Å². The van der Waals surface area contributed by atoms with Gasteiger partial charge < -0.3 is 0 Å². The molecule has 0 fully saturated rings. The second-order valence-electron chi connectivity index (χ2n) is 0.606. The van der Waals surface area contributed by atoms with Crippen LogP contribution in [0.1, 0.15) is 0 Å². The first-order valence-corrected chi connectivity index (χ1v) is 62.9. The first kappa shape index (κ1) is 18.0. The van der Waals surface area contributed by atoms with Crippen molar-refractivity contribution >= 4 is 70.7 Å². The van der Waals surface area contributed by atoms with E-state index in [9.17, 15) is 0 Å². The predicted octanol–water partition coefficient (Wildman–Crippen LogP) is -2.45. The molecule has 0 aliphatic carbocycles. The van der Waals surface area contributed by atoms with Gasteiger partial charge in [-0.1, -0.05) is 0 Å². The molecule has 7 heteroatoms. The van der Waals surface area contributed by atoms with E-state index < -0.39 is 4.17 Å². The van der Waals surface area contributed by atoms with Crippen molar-refractivity contribution in [1.82, 2.24) is 0 Å². The summed E-state index contributed by atoms with van der Waals surface area (Å²) in [6.45, 7) is 0. The van der Waals surface area contributed by atoms with Crippen molar-refractivity contribution in [3.8, 4) is 0 Å². The Balaban J connectivity index is -0.0000000800. The Bertz CT molecular complexity index is 25.2. The van der Waals surface area contributed by atoms with Gasteiger partial charge in [0.15, 0.2) is 0 Å². The van der Waals surface area contributed by atoms with Gasteiger partial charge in [0.05, 0.1) is 0 Å². The van der Waals surface area contributed by atoms with Gasteiger partial charge in [-0.05, 0) is 0 Å². The van der Waals surface area contributed by atoms with Crippen LogP contribution in [0.15, 0.2) is 0 Å². The minimum atomic E-state index is -1.51. The average Bonchev–Trinajstić information content (AvgIpc) is 0.722. The van der Waals surface area contributed by atoms with Crippen molar-refractivity contribution in [1.29, 1.82) is 0 Å². The van der Waals surface area contributed by atoms with Crippen molar-refractivity contribution < 1.29 is 41.9 Å². The molecule has 0 atom stereocenters. The molecule has 0 aliphatic heterocycles. The van der Waals surface area contributed by atoms with Crippen LogP contribution in [-0.4, -0.2) is 0 Å². The summed E-state index contributed by atoms with van der Waals surface area (Å²) >= 11 is 10.3. The second-order valence-corrected chi connectivity index (χ2v) is 239. The van der Waals surface area contributed by atoms with Crippen LogP contribution in [0.25, 0.3) is 0 Å². The molecule has 0 nitrogen and oxygen atoms in total. The predicted molar refractivity (Wildman–Crippen MR) is 56.1 cm³/mol. The molecule has 0 bridgehead atoms. The van der Waals surface area contributed by atoms with Crippen LogP contribution in [0.4, 0.5) is 0 Å². The molecular weight excluding hydrogens is 722 g/mol. The zero-order chi connectivity index (χ0) is 4.50. The minimum absolute atomic E-state index is 0. The van der Waals surface area contributed by atoms with E-state index in [-0.39, 0.29) is 37.7 Å². The summed E-state index contributed by atoms with van der Waals surface area (Å²) in [6, 6.07) is 0. The first-order chi connectivity index (χ1) is 2.00. The van der Waals surface area contributed by atoms with Gasteiger partial charge in [0, 0.05) is 0 Å². The minimum Gasteiger partial charge on any atom is 1.00 e. The summed E-state index contributed by atoms with van der Waals surface area (Å²) in [5, 5.41) is 0. The molecule has 0 unspecified atom stereocenters. The smallest absolute Gasteiger partial charge is 1.00 e. The van der Waals surface area contributed by atoms with Gasteiger partial charge in [-0.2, -0.15) is 0 Å². The van der Waals surface area contributed by atoms with E-state index >= 15 is 0 Å². The van der Waals surface area contributed by atoms with Crippen molar-refractivity contribution in [2.24, 2.45) is 0 Å². The average molecular weight is 722 g/mol. The van der Waals surface area contributed by atoms with Crippen molar-refractivity contribution in [3.05, 3.63) is 0 Å². The standard InChI is InChI=1S/Hg.4HI.2Li/h;4*1H;;/q+2;;;;;2*+1/p-4. The number of hydrogen-bond donors (Lipinski definition) is 0. The Morgan fingerprint density at radius 1 is 0.714 bits per heavy atom. The molecule has 7 heavy (non-hydrogen) atoms. The molecular formula is HgI4Li2. The molecule has 0 aromatic heterocycles. The van der Waals surface area contributed by atoms with Crippen LogP contribution in [0, 0.1) is 0 Å². The molecule has 0 spiro atoms. The molecule has 0 N–H and O–H groups in total.